The van der Waals surface area contributed by atoms with Crippen LogP contribution < -0.4 is 0 Å². The summed E-state index contributed by atoms with van der Waals surface area (Å²) in [5.74, 6) is 0. The van der Waals surface area contributed by atoms with Crippen LogP contribution in [0.5, 0.6) is 0 Å². The molecule has 0 aliphatic carbocycles. The lowest BCUT2D eigenvalue weighted by Crippen LogP contribution is -2.12. The number of hydrogen-bond donors (Lipinski definition) is 2. The van der Waals surface area contributed by atoms with E-state index in [2.05, 4.69) is 30.8 Å². The van der Waals surface area contributed by atoms with Crippen LogP contribution in [-0.4, -0.2) is 17.2 Å². The Morgan fingerprint density at radius 1 is 1.14 bits per heavy atom. The van der Waals surface area contributed by atoms with Crippen molar-refractivity contribution >= 4 is 50.9 Å². The fourth-order valence-electron chi connectivity index (χ4n) is 2.53. The monoisotopic (exact) mass is 294 g/mol. The second-order valence-electron chi connectivity index (χ2n) is 4.91. The lowest BCUT2D eigenvalue weighted by Gasteiger charge is -2.03. The van der Waals surface area contributed by atoms with Crippen LogP contribution in [-0.2, 0) is 0 Å². The molecule has 0 amide bonds. The van der Waals surface area contributed by atoms with Crippen LogP contribution in [0, 0.1) is 0 Å². The highest BCUT2D eigenvalue weighted by molar-refractivity contribution is 7.22. The molecule has 0 atom stereocenters. The van der Waals surface area contributed by atoms with Gasteiger partial charge in [-0.3, -0.25) is 0 Å². The SMILES string of the molecule is C=C(B(O)O)c1sc2c(ccc3ccccc32)c1/C=C\C. The number of allylic oxidation sites excluding steroid dienone is 1. The Morgan fingerprint density at radius 2 is 1.90 bits per heavy atom. The maximum Gasteiger partial charge on any atom is 0.489 e. The van der Waals surface area contributed by atoms with Crippen LogP contribution in [0.1, 0.15) is 17.4 Å². The molecular weight excluding hydrogens is 279 g/mol. The maximum absolute atomic E-state index is 9.44. The predicted octanol–water partition coefficient (Wildman–Crippen LogP) is 4.11. The normalized spacial score (nSPS) is 11.6. The van der Waals surface area contributed by atoms with Crippen molar-refractivity contribution in [1.82, 2.24) is 0 Å². The predicted molar refractivity (Wildman–Crippen MR) is 93.3 cm³/mol. The molecule has 3 rings (SSSR count). The molecule has 2 N–H and O–H groups in total. The van der Waals surface area contributed by atoms with Gasteiger partial charge >= 0.3 is 7.12 Å². The molecule has 2 nitrogen and oxygen atoms in total. The van der Waals surface area contributed by atoms with Crippen LogP contribution in [0.2, 0.25) is 0 Å². The van der Waals surface area contributed by atoms with Gasteiger partial charge in [0.2, 0.25) is 0 Å². The van der Waals surface area contributed by atoms with E-state index in [0.717, 1.165) is 20.5 Å². The molecule has 0 unspecified atom stereocenters. The minimum atomic E-state index is -1.53. The smallest absolute Gasteiger partial charge is 0.423 e. The van der Waals surface area contributed by atoms with Crippen LogP contribution in [0.3, 0.4) is 0 Å². The van der Waals surface area contributed by atoms with E-state index in [-0.39, 0.29) is 0 Å². The molecule has 0 bridgehead atoms. The van der Waals surface area contributed by atoms with Crippen LogP contribution in [0.4, 0.5) is 0 Å². The molecule has 0 saturated heterocycles. The number of hydrogen-bond acceptors (Lipinski definition) is 3. The van der Waals surface area contributed by atoms with Crippen molar-refractivity contribution in [3.63, 3.8) is 0 Å². The van der Waals surface area contributed by atoms with Crippen molar-refractivity contribution in [2.24, 2.45) is 0 Å². The molecule has 1 aromatic heterocycles. The zero-order valence-corrected chi connectivity index (χ0v) is 12.5. The molecule has 0 aliphatic heterocycles. The fraction of sp³-hybridized carbons (Fsp3) is 0.0588. The number of fused-ring (bicyclic) bond motifs is 3. The van der Waals surface area contributed by atoms with Crippen molar-refractivity contribution in [3.8, 4) is 0 Å². The first-order valence-corrected chi connectivity index (χ1v) is 7.57. The average molecular weight is 294 g/mol. The molecule has 0 radical (unpaired) electrons. The largest absolute Gasteiger partial charge is 0.489 e. The third kappa shape index (κ3) is 2.31. The van der Waals surface area contributed by atoms with Gasteiger partial charge in [-0.2, -0.15) is 0 Å². The highest BCUT2D eigenvalue weighted by Gasteiger charge is 2.21. The summed E-state index contributed by atoms with van der Waals surface area (Å²) in [6.45, 7) is 5.77. The highest BCUT2D eigenvalue weighted by Crippen LogP contribution is 2.40. The van der Waals surface area contributed by atoms with E-state index >= 15 is 0 Å². The zero-order valence-electron chi connectivity index (χ0n) is 11.7. The standard InChI is InChI=1S/C17H15BO2S/c1-3-6-14-15-10-9-12-7-4-5-8-13(12)17(15)21-16(14)11(2)18(19)20/h3-10,19-20H,2H2,1H3/b6-3-. The summed E-state index contributed by atoms with van der Waals surface area (Å²) < 4.78 is 1.15. The third-order valence-corrected chi connectivity index (χ3v) is 4.89. The number of benzene rings is 2. The zero-order chi connectivity index (χ0) is 15.0. The molecule has 2 aromatic carbocycles. The molecule has 0 saturated carbocycles. The molecule has 1 heterocycles. The van der Waals surface area contributed by atoms with Crippen molar-refractivity contribution in [2.45, 2.75) is 6.92 Å². The second kappa shape index (κ2) is 5.49. The summed E-state index contributed by atoms with van der Waals surface area (Å²) in [6, 6.07) is 12.4. The van der Waals surface area contributed by atoms with Crippen molar-refractivity contribution in [3.05, 3.63) is 59.5 Å². The van der Waals surface area contributed by atoms with Gasteiger partial charge in [-0.1, -0.05) is 55.1 Å². The molecule has 104 valence electrons. The first kappa shape index (κ1) is 14.1. The second-order valence-corrected chi connectivity index (χ2v) is 5.93. The van der Waals surface area contributed by atoms with Gasteiger partial charge in [-0.05, 0) is 28.7 Å². The van der Waals surface area contributed by atoms with Gasteiger partial charge in [0.1, 0.15) is 0 Å². The Kier molecular flexibility index (Phi) is 3.68. The van der Waals surface area contributed by atoms with E-state index in [1.54, 1.807) is 11.3 Å². The summed E-state index contributed by atoms with van der Waals surface area (Å²) in [5.41, 5.74) is 1.34. The topological polar surface area (TPSA) is 40.5 Å². The van der Waals surface area contributed by atoms with Crippen molar-refractivity contribution in [2.75, 3.05) is 0 Å². The minimum absolute atomic E-state index is 0.341. The van der Waals surface area contributed by atoms with Gasteiger partial charge < -0.3 is 10.0 Å². The Morgan fingerprint density at radius 3 is 2.62 bits per heavy atom. The third-order valence-electron chi connectivity index (χ3n) is 3.56. The van der Waals surface area contributed by atoms with Crippen LogP contribution in [0.15, 0.2) is 49.1 Å². The van der Waals surface area contributed by atoms with E-state index in [4.69, 9.17) is 0 Å². The van der Waals surface area contributed by atoms with E-state index in [0.29, 0.717) is 5.47 Å². The van der Waals surface area contributed by atoms with Gasteiger partial charge in [0, 0.05) is 15.0 Å². The molecule has 4 heteroatoms. The summed E-state index contributed by atoms with van der Waals surface area (Å²) in [4.78, 5) is 0.828. The summed E-state index contributed by atoms with van der Waals surface area (Å²) >= 11 is 1.56. The molecular formula is C17H15BO2S. The van der Waals surface area contributed by atoms with Crippen LogP contribution >= 0.6 is 11.3 Å². The molecule has 0 spiro atoms. The lowest BCUT2D eigenvalue weighted by atomic mass is 9.78. The van der Waals surface area contributed by atoms with Gasteiger partial charge in [0.25, 0.3) is 0 Å². The maximum atomic E-state index is 9.44. The van der Waals surface area contributed by atoms with Crippen molar-refractivity contribution < 1.29 is 10.0 Å². The van der Waals surface area contributed by atoms with Gasteiger partial charge in [0.15, 0.2) is 0 Å². The summed E-state index contributed by atoms with van der Waals surface area (Å²) in [7, 11) is -1.53. The van der Waals surface area contributed by atoms with Gasteiger partial charge in [-0.15, -0.1) is 11.3 Å². The highest BCUT2D eigenvalue weighted by atomic mass is 32.1. The Bertz CT molecular complexity index is 862. The molecule has 0 fully saturated rings. The summed E-state index contributed by atoms with van der Waals surface area (Å²) in [6.07, 6.45) is 3.95. The van der Waals surface area contributed by atoms with Crippen LogP contribution in [0.25, 0.3) is 32.4 Å². The lowest BCUT2D eigenvalue weighted by molar-refractivity contribution is 0.427. The van der Waals surface area contributed by atoms with E-state index in [1.165, 1.54) is 10.8 Å². The van der Waals surface area contributed by atoms with E-state index < -0.39 is 7.12 Å². The van der Waals surface area contributed by atoms with Gasteiger partial charge in [-0.25, -0.2) is 0 Å². The summed E-state index contributed by atoms with van der Waals surface area (Å²) in [5, 5.41) is 22.4. The average Bonchev–Trinajstić information content (AvgIpc) is 2.86. The van der Waals surface area contributed by atoms with Gasteiger partial charge in [0.05, 0.1) is 0 Å². The number of rotatable bonds is 3. The van der Waals surface area contributed by atoms with E-state index in [1.807, 2.05) is 31.2 Å². The Balaban J connectivity index is 2.40. The molecule has 21 heavy (non-hydrogen) atoms. The quantitative estimate of drug-likeness (QED) is 0.714. The molecule has 3 aromatic rings. The number of thiophene rings is 1. The minimum Gasteiger partial charge on any atom is -0.423 e. The first-order valence-electron chi connectivity index (χ1n) is 6.75. The fourth-order valence-corrected chi connectivity index (χ4v) is 3.84. The van der Waals surface area contributed by atoms with Crippen molar-refractivity contribution in [1.29, 1.82) is 0 Å². The first-order chi connectivity index (χ1) is 10.1. The Labute approximate surface area is 127 Å². The van der Waals surface area contributed by atoms with E-state index in [9.17, 15) is 10.0 Å². The molecule has 0 aliphatic rings. The Hall–Kier alpha value is -1.88.